The maximum atomic E-state index is 12.6. The molecule has 0 unspecified atom stereocenters. The number of hydrogen-bond donors (Lipinski definition) is 1. The van der Waals surface area contributed by atoms with Gasteiger partial charge in [-0.3, -0.25) is 4.79 Å². The van der Waals surface area contributed by atoms with Crippen LogP contribution < -0.4 is 5.32 Å². The van der Waals surface area contributed by atoms with Gasteiger partial charge in [0.1, 0.15) is 5.56 Å². The highest BCUT2D eigenvalue weighted by Gasteiger charge is 2.27. The van der Waals surface area contributed by atoms with Gasteiger partial charge in [0.05, 0.1) is 18.3 Å². The van der Waals surface area contributed by atoms with Crippen LogP contribution in [0, 0.1) is 12.3 Å². The summed E-state index contributed by atoms with van der Waals surface area (Å²) in [4.78, 5) is 29.6. The molecule has 1 aromatic carbocycles. The molecule has 3 rings (SSSR count). The number of pyridine rings is 1. The molecule has 0 aliphatic carbocycles. The fraction of sp³-hybridized carbons (Fsp3) is 0.333. The van der Waals surface area contributed by atoms with Crippen molar-refractivity contribution in [3.05, 3.63) is 47.7 Å². The van der Waals surface area contributed by atoms with Crippen LogP contribution in [0.4, 0.5) is 5.82 Å². The van der Waals surface area contributed by atoms with Crippen LogP contribution in [-0.2, 0) is 9.53 Å². The molecule has 3 aromatic rings. The molecular formula is C21H24N4O3. The number of amides is 1. The number of ether oxygens (including phenoxy) is 1. The third kappa shape index (κ3) is 3.74. The molecule has 1 N–H and O–H groups in total. The lowest BCUT2D eigenvalue weighted by Gasteiger charge is -2.19. The van der Waals surface area contributed by atoms with Gasteiger partial charge in [-0.25, -0.2) is 9.78 Å². The Labute approximate surface area is 163 Å². The maximum absolute atomic E-state index is 12.6. The Morgan fingerprint density at radius 1 is 1.21 bits per heavy atom. The Hall–Kier alpha value is -3.22. The second kappa shape index (κ2) is 7.42. The highest BCUT2D eigenvalue weighted by molar-refractivity contribution is 6.02. The number of benzene rings is 1. The number of esters is 1. The minimum atomic E-state index is -0.645. The van der Waals surface area contributed by atoms with Crippen molar-refractivity contribution in [2.24, 2.45) is 5.41 Å². The van der Waals surface area contributed by atoms with E-state index >= 15 is 0 Å². The largest absolute Gasteiger partial charge is 0.462 e. The molecule has 7 heteroatoms. The highest BCUT2D eigenvalue weighted by Crippen LogP contribution is 2.26. The van der Waals surface area contributed by atoms with E-state index < -0.39 is 11.4 Å². The lowest BCUT2D eigenvalue weighted by Crippen LogP contribution is -2.29. The second-order valence-electron chi connectivity index (χ2n) is 7.56. The van der Waals surface area contributed by atoms with Crippen LogP contribution in [0.5, 0.6) is 0 Å². The number of aryl methyl sites for hydroxylation is 1. The van der Waals surface area contributed by atoms with Crippen molar-refractivity contribution in [3.63, 3.8) is 0 Å². The summed E-state index contributed by atoms with van der Waals surface area (Å²) in [6, 6.07) is 9.65. The van der Waals surface area contributed by atoms with Gasteiger partial charge in [0.15, 0.2) is 11.6 Å². The molecule has 0 fully saturated rings. The van der Waals surface area contributed by atoms with Crippen molar-refractivity contribution in [2.75, 3.05) is 11.9 Å². The molecule has 0 atom stereocenters. The summed E-state index contributed by atoms with van der Waals surface area (Å²) in [6.07, 6.45) is 1.39. The zero-order valence-corrected chi connectivity index (χ0v) is 16.7. The average molecular weight is 380 g/mol. The predicted molar refractivity (Wildman–Crippen MR) is 108 cm³/mol. The van der Waals surface area contributed by atoms with Crippen molar-refractivity contribution < 1.29 is 14.3 Å². The molecule has 0 radical (unpaired) electrons. The minimum Gasteiger partial charge on any atom is -0.462 e. The molecule has 0 aliphatic rings. The molecule has 0 spiro atoms. The molecule has 2 heterocycles. The number of nitrogens with one attached hydrogen (secondary N) is 1. The number of carbonyl (C=O) groups excluding carboxylic acids is 2. The molecule has 146 valence electrons. The lowest BCUT2D eigenvalue weighted by atomic mass is 9.96. The second-order valence-corrected chi connectivity index (χ2v) is 7.56. The van der Waals surface area contributed by atoms with E-state index in [9.17, 15) is 9.59 Å². The number of nitrogens with zero attached hydrogens (tertiary/aromatic N) is 3. The Kier molecular flexibility index (Phi) is 5.18. The van der Waals surface area contributed by atoms with Crippen LogP contribution in [0.25, 0.3) is 16.7 Å². The topological polar surface area (TPSA) is 86.1 Å². The number of carbonyl (C=O) groups is 2. The summed E-state index contributed by atoms with van der Waals surface area (Å²) in [6.45, 7) is 9.33. The molecule has 28 heavy (non-hydrogen) atoms. The van der Waals surface area contributed by atoms with Gasteiger partial charge in [-0.15, -0.1) is 0 Å². The third-order valence-corrected chi connectivity index (χ3v) is 4.30. The zero-order valence-electron chi connectivity index (χ0n) is 16.7. The first kappa shape index (κ1) is 19.5. The molecule has 7 nitrogen and oxygen atoms in total. The Balaban J connectivity index is 2.15. The van der Waals surface area contributed by atoms with Gasteiger partial charge >= 0.3 is 5.97 Å². The SMILES string of the molecule is CCOC(=O)c1cnn(-c2cc(C)c3ccccc3n2)c1NC(=O)C(C)(C)C. The standard InChI is InChI=1S/C21H24N4O3/c1-6-28-19(26)15-12-22-25(18(15)24-20(27)21(3,4)5)17-11-13(2)14-9-7-8-10-16(14)23-17/h7-12H,6H2,1-5H3,(H,24,27). The lowest BCUT2D eigenvalue weighted by molar-refractivity contribution is -0.123. The van der Waals surface area contributed by atoms with Crippen molar-refractivity contribution in [1.82, 2.24) is 14.8 Å². The summed E-state index contributed by atoms with van der Waals surface area (Å²) >= 11 is 0. The van der Waals surface area contributed by atoms with Gasteiger partial charge in [-0.05, 0) is 31.5 Å². The Morgan fingerprint density at radius 2 is 1.93 bits per heavy atom. The summed E-state index contributed by atoms with van der Waals surface area (Å²) < 4.78 is 6.58. The highest BCUT2D eigenvalue weighted by atomic mass is 16.5. The van der Waals surface area contributed by atoms with Crippen LogP contribution in [-0.4, -0.2) is 33.2 Å². The number of rotatable bonds is 4. The van der Waals surface area contributed by atoms with Gasteiger partial charge in [0, 0.05) is 10.8 Å². The van der Waals surface area contributed by atoms with Crippen molar-refractivity contribution in [2.45, 2.75) is 34.6 Å². The Morgan fingerprint density at radius 3 is 2.61 bits per heavy atom. The summed E-state index contributed by atoms with van der Waals surface area (Å²) in [5, 5.41) is 8.17. The van der Waals surface area contributed by atoms with Crippen molar-refractivity contribution in [3.8, 4) is 5.82 Å². The number of fused-ring (bicyclic) bond motifs is 1. The van der Waals surface area contributed by atoms with E-state index in [4.69, 9.17) is 4.74 Å². The first-order chi connectivity index (χ1) is 13.2. The van der Waals surface area contributed by atoms with Crippen LogP contribution in [0.2, 0.25) is 0 Å². The van der Waals surface area contributed by atoms with Crippen molar-refractivity contribution >= 4 is 28.6 Å². The van der Waals surface area contributed by atoms with E-state index in [1.165, 1.54) is 10.9 Å². The maximum Gasteiger partial charge on any atom is 0.343 e. The number of anilines is 1. The molecule has 0 aliphatic heterocycles. The van der Waals surface area contributed by atoms with Gasteiger partial charge in [-0.1, -0.05) is 39.0 Å². The van der Waals surface area contributed by atoms with E-state index in [2.05, 4.69) is 15.4 Å². The van der Waals surface area contributed by atoms with Crippen LogP contribution >= 0.6 is 0 Å². The van der Waals surface area contributed by atoms with Crippen LogP contribution in [0.3, 0.4) is 0 Å². The average Bonchev–Trinajstić information content (AvgIpc) is 3.05. The van der Waals surface area contributed by atoms with E-state index in [1.807, 2.05) is 37.3 Å². The molecule has 0 bridgehead atoms. The van der Waals surface area contributed by atoms with E-state index in [0.29, 0.717) is 5.82 Å². The molecule has 2 aromatic heterocycles. The normalized spacial score (nSPS) is 11.5. The fourth-order valence-electron chi connectivity index (χ4n) is 2.74. The van der Waals surface area contributed by atoms with E-state index in [0.717, 1.165) is 16.5 Å². The third-order valence-electron chi connectivity index (χ3n) is 4.30. The van der Waals surface area contributed by atoms with Gasteiger partial charge in [0.25, 0.3) is 0 Å². The fourth-order valence-corrected chi connectivity index (χ4v) is 2.74. The zero-order chi connectivity index (χ0) is 20.5. The Bertz CT molecular complexity index is 1050. The smallest absolute Gasteiger partial charge is 0.343 e. The molecule has 1 amide bonds. The molecule has 0 saturated carbocycles. The van der Waals surface area contributed by atoms with E-state index in [-0.39, 0.29) is 23.9 Å². The molecule has 0 saturated heterocycles. The number of para-hydroxylation sites is 1. The number of hydrogen-bond acceptors (Lipinski definition) is 5. The van der Waals surface area contributed by atoms with Gasteiger partial charge in [0.2, 0.25) is 5.91 Å². The first-order valence-corrected chi connectivity index (χ1v) is 9.15. The summed E-state index contributed by atoms with van der Waals surface area (Å²) in [5.74, 6) is -0.0238. The van der Waals surface area contributed by atoms with Crippen LogP contribution in [0.15, 0.2) is 36.5 Å². The van der Waals surface area contributed by atoms with Crippen molar-refractivity contribution in [1.29, 1.82) is 0 Å². The van der Waals surface area contributed by atoms with Gasteiger partial charge in [-0.2, -0.15) is 9.78 Å². The number of aromatic nitrogens is 3. The van der Waals surface area contributed by atoms with Gasteiger partial charge < -0.3 is 10.1 Å². The molecular weight excluding hydrogens is 356 g/mol. The summed E-state index contributed by atoms with van der Waals surface area (Å²) in [7, 11) is 0. The quantitative estimate of drug-likeness (QED) is 0.694. The van der Waals surface area contributed by atoms with Crippen LogP contribution in [0.1, 0.15) is 43.6 Å². The summed E-state index contributed by atoms with van der Waals surface area (Å²) in [5.41, 5.74) is 1.36. The predicted octanol–water partition coefficient (Wildman–Crippen LogP) is 3.89. The monoisotopic (exact) mass is 380 g/mol. The van der Waals surface area contributed by atoms with E-state index in [1.54, 1.807) is 27.7 Å². The minimum absolute atomic E-state index is 0.187. The first-order valence-electron chi connectivity index (χ1n) is 9.15.